The average Bonchev–Trinajstić information content (AvgIpc) is 2.55. The topological polar surface area (TPSA) is 74.9 Å². The number of aryl methyl sites for hydroxylation is 1. The van der Waals surface area contributed by atoms with Gasteiger partial charge in [0.1, 0.15) is 5.82 Å². The molecule has 2 rings (SSSR count). The van der Waals surface area contributed by atoms with E-state index in [1.807, 2.05) is 6.92 Å². The zero-order valence-corrected chi connectivity index (χ0v) is 9.04. The largest absolute Gasteiger partial charge is 0.387 e. The van der Waals surface area contributed by atoms with E-state index in [0.29, 0.717) is 10.6 Å². The molecule has 0 bridgehead atoms. The molecule has 0 spiro atoms. The standard InChI is InChI=1S/C10H12ClN3O/c1-5-13-8-2-6(10(15)4-12)7(11)3-9(8)14-5/h2-3,10,15H,4,12H2,1H3,(H,13,14). The molecular formula is C10H12ClN3O. The Balaban J connectivity index is 2.60. The molecular weight excluding hydrogens is 214 g/mol. The highest BCUT2D eigenvalue weighted by molar-refractivity contribution is 6.32. The number of fused-ring (bicyclic) bond motifs is 1. The van der Waals surface area contributed by atoms with Gasteiger partial charge in [0.2, 0.25) is 0 Å². The van der Waals surface area contributed by atoms with E-state index in [4.69, 9.17) is 17.3 Å². The summed E-state index contributed by atoms with van der Waals surface area (Å²) in [4.78, 5) is 7.33. The van der Waals surface area contributed by atoms with E-state index in [0.717, 1.165) is 16.9 Å². The second-order valence-corrected chi connectivity index (χ2v) is 3.87. The number of H-pyrrole nitrogens is 1. The Kier molecular flexibility index (Phi) is 2.65. The van der Waals surface area contributed by atoms with Gasteiger partial charge in [-0.1, -0.05) is 11.6 Å². The number of aliphatic hydroxyl groups excluding tert-OH is 1. The summed E-state index contributed by atoms with van der Waals surface area (Å²) in [5.41, 5.74) is 7.68. The molecule has 2 aromatic rings. The first-order valence-electron chi connectivity index (χ1n) is 4.65. The van der Waals surface area contributed by atoms with Crippen molar-refractivity contribution in [1.29, 1.82) is 0 Å². The van der Waals surface area contributed by atoms with Gasteiger partial charge in [-0.15, -0.1) is 0 Å². The lowest BCUT2D eigenvalue weighted by molar-refractivity contribution is 0.187. The van der Waals surface area contributed by atoms with Crippen LogP contribution in [0.25, 0.3) is 11.0 Å². The van der Waals surface area contributed by atoms with E-state index < -0.39 is 6.10 Å². The maximum Gasteiger partial charge on any atom is 0.104 e. The molecule has 0 aliphatic heterocycles. The summed E-state index contributed by atoms with van der Waals surface area (Å²) in [6.07, 6.45) is -0.731. The number of aliphatic hydroxyl groups is 1. The molecule has 0 radical (unpaired) electrons. The van der Waals surface area contributed by atoms with Crippen LogP contribution in [0.4, 0.5) is 0 Å². The van der Waals surface area contributed by atoms with Crippen molar-refractivity contribution in [3.05, 3.63) is 28.5 Å². The van der Waals surface area contributed by atoms with Crippen LogP contribution in [0.15, 0.2) is 12.1 Å². The minimum Gasteiger partial charge on any atom is -0.387 e. The molecule has 0 saturated carbocycles. The second-order valence-electron chi connectivity index (χ2n) is 3.46. The van der Waals surface area contributed by atoms with Crippen molar-refractivity contribution in [1.82, 2.24) is 9.97 Å². The van der Waals surface area contributed by atoms with E-state index in [-0.39, 0.29) is 6.54 Å². The first-order valence-corrected chi connectivity index (χ1v) is 5.03. The molecule has 0 amide bonds. The van der Waals surface area contributed by atoms with Crippen molar-refractivity contribution >= 4 is 22.6 Å². The van der Waals surface area contributed by atoms with Crippen LogP contribution in [0.3, 0.4) is 0 Å². The summed E-state index contributed by atoms with van der Waals surface area (Å²) in [6, 6.07) is 3.52. The van der Waals surface area contributed by atoms with Crippen molar-refractivity contribution in [2.45, 2.75) is 13.0 Å². The normalized spacial score (nSPS) is 13.3. The zero-order valence-electron chi connectivity index (χ0n) is 8.29. The first-order chi connectivity index (χ1) is 7.11. The minimum atomic E-state index is -0.731. The van der Waals surface area contributed by atoms with Gasteiger partial charge in [0.05, 0.1) is 17.1 Å². The van der Waals surface area contributed by atoms with Crippen LogP contribution in [0.2, 0.25) is 5.02 Å². The van der Waals surface area contributed by atoms with Crippen LogP contribution in [-0.4, -0.2) is 21.6 Å². The fraction of sp³-hybridized carbons (Fsp3) is 0.300. The van der Waals surface area contributed by atoms with Crippen LogP contribution < -0.4 is 5.73 Å². The molecule has 1 aromatic carbocycles. The fourth-order valence-corrected chi connectivity index (χ4v) is 1.84. The van der Waals surface area contributed by atoms with Gasteiger partial charge >= 0.3 is 0 Å². The maximum absolute atomic E-state index is 9.63. The first kappa shape index (κ1) is 10.4. The summed E-state index contributed by atoms with van der Waals surface area (Å²) < 4.78 is 0. The second kappa shape index (κ2) is 3.81. The van der Waals surface area contributed by atoms with Crippen LogP contribution in [0.1, 0.15) is 17.5 Å². The highest BCUT2D eigenvalue weighted by Crippen LogP contribution is 2.27. The van der Waals surface area contributed by atoms with Crippen molar-refractivity contribution in [3.63, 3.8) is 0 Å². The Labute approximate surface area is 92.1 Å². The lowest BCUT2D eigenvalue weighted by Crippen LogP contribution is -2.11. The lowest BCUT2D eigenvalue weighted by atomic mass is 10.1. The Bertz CT molecular complexity index is 495. The molecule has 80 valence electrons. The predicted octanol–water partition coefficient (Wildman–Crippen LogP) is 1.52. The number of halogens is 1. The van der Waals surface area contributed by atoms with Crippen LogP contribution in [0.5, 0.6) is 0 Å². The summed E-state index contributed by atoms with van der Waals surface area (Å²) in [7, 11) is 0. The molecule has 4 nitrogen and oxygen atoms in total. The van der Waals surface area contributed by atoms with Gasteiger partial charge in [-0.25, -0.2) is 4.98 Å². The van der Waals surface area contributed by atoms with Crippen LogP contribution in [-0.2, 0) is 0 Å². The summed E-state index contributed by atoms with van der Waals surface area (Å²) >= 11 is 6.02. The van der Waals surface area contributed by atoms with E-state index in [2.05, 4.69) is 9.97 Å². The summed E-state index contributed by atoms with van der Waals surface area (Å²) in [5, 5.41) is 10.1. The molecule has 0 aliphatic carbocycles. The number of hydrogen-bond donors (Lipinski definition) is 3. The molecule has 1 heterocycles. The van der Waals surface area contributed by atoms with Gasteiger partial charge in [0.25, 0.3) is 0 Å². The fourth-order valence-electron chi connectivity index (χ4n) is 1.56. The SMILES string of the molecule is Cc1nc2cc(Cl)c(C(O)CN)cc2[nH]1. The maximum atomic E-state index is 9.63. The van der Waals surface area contributed by atoms with Gasteiger partial charge in [-0.05, 0) is 19.1 Å². The highest BCUT2D eigenvalue weighted by atomic mass is 35.5. The quantitative estimate of drug-likeness (QED) is 0.726. The van der Waals surface area contributed by atoms with Crippen LogP contribution >= 0.6 is 11.6 Å². The molecule has 0 saturated heterocycles. The number of nitrogens with two attached hydrogens (primary N) is 1. The highest BCUT2D eigenvalue weighted by Gasteiger charge is 2.12. The molecule has 0 fully saturated rings. The number of aromatic nitrogens is 2. The summed E-state index contributed by atoms with van der Waals surface area (Å²) in [6.45, 7) is 2.02. The molecule has 4 N–H and O–H groups in total. The average molecular weight is 226 g/mol. The molecule has 0 aliphatic rings. The number of benzene rings is 1. The van der Waals surface area contributed by atoms with Gasteiger partial charge in [-0.2, -0.15) is 0 Å². The molecule has 1 atom stereocenters. The molecule has 1 unspecified atom stereocenters. The third-order valence-corrected chi connectivity index (χ3v) is 2.63. The van der Waals surface area contributed by atoms with Crippen LogP contribution in [0, 0.1) is 6.92 Å². The number of aromatic amines is 1. The van der Waals surface area contributed by atoms with Crippen molar-refractivity contribution in [2.24, 2.45) is 5.73 Å². The number of nitrogens with one attached hydrogen (secondary N) is 1. The van der Waals surface area contributed by atoms with Gasteiger partial charge in [0.15, 0.2) is 0 Å². The number of hydrogen-bond acceptors (Lipinski definition) is 3. The Hall–Kier alpha value is -1.10. The van der Waals surface area contributed by atoms with E-state index in [1.54, 1.807) is 12.1 Å². The Morgan fingerprint density at radius 1 is 1.60 bits per heavy atom. The van der Waals surface area contributed by atoms with E-state index in [9.17, 15) is 5.11 Å². The molecule has 5 heteroatoms. The Morgan fingerprint density at radius 3 is 3.00 bits per heavy atom. The zero-order chi connectivity index (χ0) is 11.0. The smallest absolute Gasteiger partial charge is 0.104 e. The summed E-state index contributed by atoms with van der Waals surface area (Å²) in [5.74, 6) is 0.820. The molecule has 15 heavy (non-hydrogen) atoms. The Morgan fingerprint density at radius 2 is 2.33 bits per heavy atom. The van der Waals surface area contributed by atoms with Gasteiger partial charge in [-0.3, -0.25) is 0 Å². The third-order valence-electron chi connectivity index (χ3n) is 2.30. The number of rotatable bonds is 2. The van der Waals surface area contributed by atoms with Crippen molar-refractivity contribution in [2.75, 3.05) is 6.54 Å². The third kappa shape index (κ3) is 1.84. The van der Waals surface area contributed by atoms with Gasteiger partial charge in [0, 0.05) is 17.1 Å². The van der Waals surface area contributed by atoms with E-state index in [1.165, 1.54) is 0 Å². The lowest BCUT2D eigenvalue weighted by Gasteiger charge is -2.09. The predicted molar refractivity (Wildman–Crippen MR) is 59.9 cm³/mol. The number of nitrogens with zero attached hydrogens (tertiary/aromatic N) is 1. The van der Waals surface area contributed by atoms with Crippen molar-refractivity contribution in [3.8, 4) is 0 Å². The monoisotopic (exact) mass is 225 g/mol. The minimum absolute atomic E-state index is 0.151. The molecule has 1 aromatic heterocycles. The van der Waals surface area contributed by atoms with Gasteiger partial charge < -0.3 is 15.8 Å². The van der Waals surface area contributed by atoms with E-state index >= 15 is 0 Å². The number of imidazole rings is 1. The van der Waals surface area contributed by atoms with Crippen molar-refractivity contribution < 1.29 is 5.11 Å².